The number of anilines is 1. The predicted octanol–water partition coefficient (Wildman–Crippen LogP) is 2.97. The van der Waals surface area contributed by atoms with E-state index >= 15 is 0 Å². The predicted molar refractivity (Wildman–Crippen MR) is 69.0 cm³/mol. The summed E-state index contributed by atoms with van der Waals surface area (Å²) < 4.78 is 0.193. The average molecular weight is 299 g/mol. The second-order valence-corrected chi connectivity index (χ2v) is 5.09. The molecule has 1 heterocycles. The molecular weight excluding hydrogens is 295 g/mol. The molecule has 0 unspecified atom stereocenters. The van der Waals surface area contributed by atoms with Crippen LogP contribution in [0.1, 0.15) is 15.4 Å². The third-order valence-corrected chi connectivity index (χ3v) is 3.27. The number of hydrogen-bond acceptors (Lipinski definition) is 5. The second-order valence-electron chi connectivity index (χ2n) is 3.12. The van der Waals surface area contributed by atoms with Gasteiger partial charge >= 0.3 is 0 Å². The summed E-state index contributed by atoms with van der Waals surface area (Å²) in [6.07, 6.45) is 0. The molecule has 2 aromatic rings. The maximum Gasteiger partial charge on any atom is 0.286 e. The quantitative estimate of drug-likeness (QED) is 0.924. The number of carbonyl (C=O) groups is 1. The molecule has 2 rings (SSSR count). The van der Waals surface area contributed by atoms with E-state index in [9.17, 15) is 4.79 Å². The number of halogens is 2. The second kappa shape index (κ2) is 5.31. The van der Waals surface area contributed by atoms with Crippen molar-refractivity contribution in [2.24, 2.45) is 0 Å². The molecule has 1 N–H and O–H groups in total. The molecule has 0 fully saturated rings. The minimum Gasteiger partial charge on any atom is -0.320 e. The Hall–Kier alpha value is -1.68. The van der Waals surface area contributed by atoms with Gasteiger partial charge in [-0.3, -0.25) is 4.79 Å². The maximum absolute atomic E-state index is 11.7. The van der Waals surface area contributed by atoms with E-state index in [0.717, 1.165) is 11.3 Å². The van der Waals surface area contributed by atoms with Crippen molar-refractivity contribution in [3.8, 4) is 6.07 Å². The summed E-state index contributed by atoms with van der Waals surface area (Å²) in [6.45, 7) is 0. The molecule has 0 saturated carbocycles. The molecule has 0 aliphatic rings. The SMILES string of the molecule is N#Cc1ccc(NC(=O)c2nnc(Cl)s2)cc1Cl. The Labute approximate surface area is 116 Å². The van der Waals surface area contributed by atoms with Crippen LogP contribution in [-0.2, 0) is 0 Å². The third-order valence-electron chi connectivity index (χ3n) is 1.94. The highest BCUT2D eigenvalue weighted by molar-refractivity contribution is 7.17. The van der Waals surface area contributed by atoms with Gasteiger partial charge in [-0.05, 0) is 29.8 Å². The highest BCUT2D eigenvalue weighted by Gasteiger charge is 2.12. The molecule has 90 valence electrons. The summed E-state index contributed by atoms with van der Waals surface area (Å²) in [7, 11) is 0. The fourth-order valence-corrected chi connectivity index (χ4v) is 2.11. The van der Waals surface area contributed by atoms with Crippen molar-refractivity contribution in [1.82, 2.24) is 10.2 Å². The topological polar surface area (TPSA) is 78.7 Å². The van der Waals surface area contributed by atoms with Crippen LogP contribution in [-0.4, -0.2) is 16.1 Å². The van der Waals surface area contributed by atoms with Crippen LogP contribution in [0.3, 0.4) is 0 Å². The largest absolute Gasteiger partial charge is 0.320 e. The van der Waals surface area contributed by atoms with Crippen molar-refractivity contribution in [2.45, 2.75) is 0 Å². The van der Waals surface area contributed by atoms with Gasteiger partial charge in [-0.15, -0.1) is 10.2 Å². The van der Waals surface area contributed by atoms with E-state index in [1.165, 1.54) is 12.1 Å². The summed E-state index contributed by atoms with van der Waals surface area (Å²) in [5.74, 6) is -0.430. The van der Waals surface area contributed by atoms with Crippen LogP contribution in [0.2, 0.25) is 9.49 Å². The summed E-state index contributed by atoms with van der Waals surface area (Å²) in [6, 6.07) is 6.51. The molecule has 0 aliphatic carbocycles. The van der Waals surface area contributed by atoms with Crippen molar-refractivity contribution in [2.75, 3.05) is 5.32 Å². The van der Waals surface area contributed by atoms with E-state index in [2.05, 4.69) is 15.5 Å². The van der Waals surface area contributed by atoms with Gasteiger partial charge in [-0.2, -0.15) is 5.26 Å². The van der Waals surface area contributed by atoms with Gasteiger partial charge in [0.15, 0.2) is 0 Å². The summed E-state index contributed by atoms with van der Waals surface area (Å²) in [5, 5.41) is 18.9. The molecule has 18 heavy (non-hydrogen) atoms. The Morgan fingerprint density at radius 2 is 2.17 bits per heavy atom. The Bertz CT molecular complexity index is 650. The van der Waals surface area contributed by atoms with Crippen LogP contribution in [0.25, 0.3) is 0 Å². The lowest BCUT2D eigenvalue weighted by atomic mass is 10.2. The van der Waals surface area contributed by atoms with E-state index in [-0.39, 0.29) is 14.5 Å². The van der Waals surface area contributed by atoms with Crippen molar-refractivity contribution in [1.29, 1.82) is 5.26 Å². The Morgan fingerprint density at radius 3 is 2.72 bits per heavy atom. The van der Waals surface area contributed by atoms with Gasteiger partial charge in [0, 0.05) is 5.69 Å². The minimum atomic E-state index is -0.430. The summed E-state index contributed by atoms with van der Waals surface area (Å²) >= 11 is 12.4. The molecule has 1 aromatic carbocycles. The normalized spacial score (nSPS) is 9.83. The zero-order chi connectivity index (χ0) is 13.1. The number of aromatic nitrogens is 2. The first-order chi connectivity index (χ1) is 8.60. The van der Waals surface area contributed by atoms with Gasteiger partial charge < -0.3 is 5.32 Å². The number of amides is 1. The zero-order valence-electron chi connectivity index (χ0n) is 8.65. The van der Waals surface area contributed by atoms with Crippen LogP contribution in [0.4, 0.5) is 5.69 Å². The molecule has 8 heteroatoms. The highest BCUT2D eigenvalue weighted by atomic mass is 35.5. The molecule has 0 bridgehead atoms. The van der Waals surface area contributed by atoms with Crippen molar-refractivity contribution in [3.63, 3.8) is 0 Å². The molecule has 1 aromatic heterocycles. The number of nitrogens with one attached hydrogen (secondary N) is 1. The van der Waals surface area contributed by atoms with E-state index < -0.39 is 5.91 Å². The first-order valence-corrected chi connectivity index (χ1v) is 6.17. The maximum atomic E-state index is 11.7. The van der Waals surface area contributed by atoms with E-state index in [1.807, 2.05) is 6.07 Å². The summed E-state index contributed by atoms with van der Waals surface area (Å²) in [5.41, 5.74) is 0.809. The Kier molecular flexibility index (Phi) is 3.77. The van der Waals surface area contributed by atoms with Gasteiger partial charge in [0.1, 0.15) is 6.07 Å². The van der Waals surface area contributed by atoms with Gasteiger partial charge in [0.2, 0.25) is 9.47 Å². The smallest absolute Gasteiger partial charge is 0.286 e. The number of benzene rings is 1. The lowest BCUT2D eigenvalue weighted by molar-refractivity contribution is 0.102. The van der Waals surface area contributed by atoms with Gasteiger partial charge in [0.05, 0.1) is 10.6 Å². The van der Waals surface area contributed by atoms with E-state index in [0.29, 0.717) is 11.3 Å². The molecule has 0 aliphatic heterocycles. The standard InChI is InChI=1S/C10H4Cl2N4OS/c11-7-3-6(2-1-5(7)4-13)14-8(17)9-15-16-10(12)18-9/h1-3H,(H,14,17). The average Bonchev–Trinajstić information content (AvgIpc) is 2.76. The number of hydrogen-bond donors (Lipinski definition) is 1. The van der Waals surface area contributed by atoms with Gasteiger partial charge in [0.25, 0.3) is 5.91 Å². The molecule has 0 radical (unpaired) electrons. The molecule has 1 amide bonds. The fraction of sp³-hybridized carbons (Fsp3) is 0. The molecule has 0 atom stereocenters. The minimum absolute atomic E-state index is 0.153. The zero-order valence-corrected chi connectivity index (χ0v) is 11.0. The van der Waals surface area contributed by atoms with Crippen LogP contribution < -0.4 is 5.32 Å². The number of rotatable bonds is 2. The highest BCUT2D eigenvalue weighted by Crippen LogP contribution is 2.21. The first kappa shape index (κ1) is 12.8. The number of nitrogens with zero attached hydrogens (tertiary/aromatic N) is 3. The number of carbonyl (C=O) groups excluding carboxylic acids is 1. The van der Waals surface area contributed by atoms with Crippen molar-refractivity contribution in [3.05, 3.63) is 38.3 Å². The Balaban J connectivity index is 2.17. The van der Waals surface area contributed by atoms with Gasteiger partial charge in [-0.25, -0.2) is 0 Å². The molecule has 0 saturated heterocycles. The molecular formula is C10H4Cl2N4OS. The summed E-state index contributed by atoms with van der Waals surface area (Å²) in [4.78, 5) is 11.7. The first-order valence-electron chi connectivity index (χ1n) is 4.60. The lowest BCUT2D eigenvalue weighted by Crippen LogP contribution is -2.11. The van der Waals surface area contributed by atoms with E-state index in [1.54, 1.807) is 6.07 Å². The fourth-order valence-electron chi connectivity index (χ4n) is 1.17. The van der Waals surface area contributed by atoms with Crippen LogP contribution in [0.15, 0.2) is 18.2 Å². The van der Waals surface area contributed by atoms with Crippen LogP contribution in [0.5, 0.6) is 0 Å². The molecule has 5 nitrogen and oxygen atoms in total. The monoisotopic (exact) mass is 298 g/mol. The lowest BCUT2D eigenvalue weighted by Gasteiger charge is -2.03. The molecule has 0 spiro atoms. The van der Waals surface area contributed by atoms with Crippen LogP contribution >= 0.6 is 34.5 Å². The van der Waals surface area contributed by atoms with Gasteiger partial charge in [-0.1, -0.05) is 22.9 Å². The van der Waals surface area contributed by atoms with E-state index in [4.69, 9.17) is 28.5 Å². The van der Waals surface area contributed by atoms with Crippen LogP contribution in [0, 0.1) is 11.3 Å². The Morgan fingerprint density at radius 1 is 1.39 bits per heavy atom. The third kappa shape index (κ3) is 2.76. The number of nitriles is 1. The van der Waals surface area contributed by atoms with Crippen molar-refractivity contribution >= 4 is 46.1 Å². The van der Waals surface area contributed by atoms with Crippen molar-refractivity contribution < 1.29 is 4.79 Å².